The van der Waals surface area contributed by atoms with E-state index < -0.39 is 28.1 Å². The summed E-state index contributed by atoms with van der Waals surface area (Å²) in [6.07, 6.45) is -1.17. The van der Waals surface area contributed by atoms with Crippen LogP contribution in [-0.4, -0.2) is 45.3 Å². The van der Waals surface area contributed by atoms with Gasteiger partial charge < -0.3 is 20.5 Å². The first-order chi connectivity index (χ1) is 9.74. The van der Waals surface area contributed by atoms with Crippen LogP contribution in [0.5, 0.6) is 0 Å². The van der Waals surface area contributed by atoms with Crippen molar-refractivity contribution < 1.29 is 27.9 Å². The van der Waals surface area contributed by atoms with E-state index >= 15 is 0 Å². The van der Waals surface area contributed by atoms with E-state index in [-0.39, 0.29) is 17.1 Å². The molecule has 21 heavy (non-hydrogen) atoms. The minimum Gasteiger partial charge on any atom is -0.479 e. The van der Waals surface area contributed by atoms with Crippen molar-refractivity contribution in [3.63, 3.8) is 0 Å². The number of carboxylic acids is 1. The summed E-state index contributed by atoms with van der Waals surface area (Å²) in [5.74, 6) is -1.21. The summed E-state index contributed by atoms with van der Waals surface area (Å²) in [5.41, 5.74) is 0.198. The zero-order chi connectivity index (χ0) is 16.0. The summed E-state index contributed by atoms with van der Waals surface area (Å²) < 4.78 is 27.0. The molecular weight excluding hydrogens is 302 g/mol. The largest absolute Gasteiger partial charge is 0.479 e. The smallest absolute Gasteiger partial charge is 0.334 e. The second kappa shape index (κ2) is 7.02. The lowest BCUT2D eigenvalue weighted by Gasteiger charge is -2.12. The lowest BCUT2D eigenvalue weighted by Crippen LogP contribution is -2.39. The number of ether oxygens (including phenoxy) is 1. The summed E-state index contributed by atoms with van der Waals surface area (Å²) in [7, 11) is -2.67. The van der Waals surface area contributed by atoms with Crippen LogP contribution in [0.3, 0.4) is 0 Å². The van der Waals surface area contributed by atoms with Crippen LogP contribution in [0, 0.1) is 0 Å². The molecule has 0 saturated carbocycles. The third-order valence-electron chi connectivity index (χ3n) is 2.43. The van der Waals surface area contributed by atoms with Crippen LogP contribution in [0.2, 0.25) is 0 Å². The lowest BCUT2D eigenvalue weighted by molar-refractivity contribution is -0.147. The van der Waals surface area contributed by atoms with E-state index in [0.29, 0.717) is 0 Å². The number of nitrogens with one attached hydrogen (secondary N) is 2. The molecule has 0 fully saturated rings. The van der Waals surface area contributed by atoms with Gasteiger partial charge >= 0.3 is 12.0 Å². The molecule has 1 aromatic carbocycles. The summed E-state index contributed by atoms with van der Waals surface area (Å²) in [5, 5.41) is 18.3. The van der Waals surface area contributed by atoms with E-state index in [0.717, 1.165) is 0 Å². The molecule has 116 valence electrons. The summed E-state index contributed by atoms with van der Waals surface area (Å²) in [4.78, 5) is 22.1. The van der Waals surface area contributed by atoms with Crippen LogP contribution >= 0.6 is 0 Å². The second-order valence-electron chi connectivity index (χ2n) is 3.97. The topological polar surface area (TPSA) is 148 Å². The number of aliphatic carboxylic acids is 1. The van der Waals surface area contributed by atoms with Gasteiger partial charge in [-0.05, 0) is 18.2 Å². The Morgan fingerprint density at radius 2 is 2.10 bits per heavy atom. The van der Waals surface area contributed by atoms with Gasteiger partial charge in [0.05, 0.1) is 11.4 Å². The maximum Gasteiger partial charge on any atom is 0.334 e. The highest BCUT2D eigenvalue weighted by atomic mass is 32.2. The van der Waals surface area contributed by atoms with E-state index in [1.54, 1.807) is 0 Å². The van der Waals surface area contributed by atoms with Crippen LogP contribution in [0.4, 0.5) is 10.5 Å². The van der Waals surface area contributed by atoms with Crippen LogP contribution in [0.15, 0.2) is 29.2 Å². The fourth-order valence-electron chi connectivity index (χ4n) is 1.38. The number of hydrogen-bond acceptors (Lipinski definition) is 5. The van der Waals surface area contributed by atoms with Gasteiger partial charge in [-0.15, -0.1) is 0 Å². The number of benzene rings is 1. The van der Waals surface area contributed by atoms with Crippen molar-refractivity contribution in [3.8, 4) is 0 Å². The molecule has 1 unspecified atom stereocenters. The third kappa shape index (κ3) is 5.38. The Labute approximate surface area is 121 Å². The van der Waals surface area contributed by atoms with E-state index in [4.69, 9.17) is 10.2 Å². The molecule has 1 rings (SSSR count). The van der Waals surface area contributed by atoms with Crippen molar-refractivity contribution in [1.29, 1.82) is 0 Å². The van der Waals surface area contributed by atoms with Crippen molar-refractivity contribution in [2.75, 3.05) is 19.0 Å². The van der Waals surface area contributed by atoms with Gasteiger partial charge in [0.25, 0.3) is 0 Å². The highest BCUT2D eigenvalue weighted by Gasteiger charge is 2.17. The first-order valence-electron chi connectivity index (χ1n) is 5.67. The van der Waals surface area contributed by atoms with Crippen molar-refractivity contribution >= 4 is 27.7 Å². The Hall–Kier alpha value is -2.17. The zero-order valence-corrected chi connectivity index (χ0v) is 11.9. The Kier molecular flexibility index (Phi) is 5.64. The summed E-state index contributed by atoms with van der Waals surface area (Å²) in [6.45, 7) is -0.244. The monoisotopic (exact) mass is 317 g/mol. The van der Waals surface area contributed by atoms with Crippen LogP contribution < -0.4 is 15.8 Å². The number of sulfonamides is 1. The number of rotatable bonds is 6. The number of carbonyl (C=O) groups is 2. The Balaban J connectivity index is 2.65. The van der Waals surface area contributed by atoms with Crippen molar-refractivity contribution in [3.05, 3.63) is 24.3 Å². The normalized spacial score (nSPS) is 12.5. The predicted octanol–water partition coefficient (Wildman–Crippen LogP) is -0.445. The van der Waals surface area contributed by atoms with Gasteiger partial charge in [-0.2, -0.15) is 0 Å². The number of carbonyl (C=O) groups excluding carboxylic acids is 1. The Morgan fingerprint density at radius 3 is 2.62 bits per heavy atom. The SMILES string of the molecule is COC(CNC(=O)Nc1cccc(S(N)(=O)=O)c1)C(=O)O. The number of anilines is 1. The highest BCUT2D eigenvalue weighted by Crippen LogP contribution is 2.13. The Bertz CT molecular complexity index is 631. The van der Waals surface area contributed by atoms with Crippen LogP contribution in [-0.2, 0) is 19.6 Å². The fraction of sp³-hybridized carbons (Fsp3) is 0.273. The molecule has 2 amide bonds. The second-order valence-corrected chi connectivity index (χ2v) is 5.53. The molecule has 0 aliphatic carbocycles. The van der Waals surface area contributed by atoms with E-state index in [2.05, 4.69) is 15.4 Å². The van der Waals surface area contributed by atoms with Crippen LogP contribution in [0.25, 0.3) is 0 Å². The van der Waals surface area contributed by atoms with E-state index in [1.807, 2.05) is 0 Å². The number of amides is 2. The van der Waals surface area contributed by atoms with Crippen molar-refractivity contribution in [1.82, 2.24) is 5.32 Å². The molecule has 1 atom stereocenters. The maximum atomic E-state index is 11.6. The molecule has 0 heterocycles. The molecule has 5 N–H and O–H groups in total. The third-order valence-corrected chi connectivity index (χ3v) is 3.34. The van der Waals surface area contributed by atoms with Gasteiger partial charge in [0, 0.05) is 12.8 Å². The Morgan fingerprint density at radius 1 is 1.43 bits per heavy atom. The quantitative estimate of drug-likeness (QED) is 0.559. The van der Waals surface area contributed by atoms with Gasteiger partial charge in [-0.1, -0.05) is 6.07 Å². The minimum absolute atomic E-state index is 0.152. The molecule has 10 heteroatoms. The number of hydrogen-bond donors (Lipinski definition) is 4. The first-order valence-corrected chi connectivity index (χ1v) is 7.22. The number of carboxylic acid groups (broad SMARTS) is 1. The molecule has 0 spiro atoms. The average Bonchev–Trinajstić information content (AvgIpc) is 2.38. The molecule has 1 aromatic rings. The number of primary sulfonamides is 1. The van der Waals surface area contributed by atoms with Gasteiger partial charge in [0.15, 0.2) is 6.10 Å². The molecule has 9 nitrogen and oxygen atoms in total. The first kappa shape index (κ1) is 16.9. The number of nitrogens with two attached hydrogens (primary N) is 1. The van der Waals surface area contributed by atoms with Crippen molar-refractivity contribution in [2.24, 2.45) is 5.14 Å². The number of urea groups is 1. The maximum absolute atomic E-state index is 11.6. The van der Waals surface area contributed by atoms with Gasteiger partial charge in [0.1, 0.15) is 0 Å². The molecule has 0 radical (unpaired) electrons. The molecule has 0 aliphatic heterocycles. The molecule has 0 aliphatic rings. The van der Waals surface area contributed by atoms with E-state index in [9.17, 15) is 18.0 Å². The standard InChI is InChI=1S/C11H15N3O6S/c1-20-9(10(15)16)6-13-11(17)14-7-3-2-4-8(5-7)21(12,18)19/h2-5,9H,6H2,1H3,(H,15,16)(H2,12,18,19)(H2,13,14,17). The van der Waals surface area contributed by atoms with Gasteiger partial charge in [0.2, 0.25) is 10.0 Å². The summed E-state index contributed by atoms with van der Waals surface area (Å²) in [6, 6.07) is 4.62. The summed E-state index contributed by atoms with van der Waals surface area (Å²) >= 11 is 0. The van der Waals surface area contributed by atoms with Gasteiger partial charge in [-0.3, -0.25) is 0 Å². The highest BCUT2D eigenvalue weighted by molar-refractivity contribution is 7.89. The predicted molar refractivity (Wildman–Crippen MR) is 73.3 cm³/mol. The molecule has 0 aromatic heterocycles. The molecular formula is C11H15N3O6S. The van der Waals surface area contributed by atoms with Crippen molar-refractivity contribution in [2.45, 2.75) is 11.0 Å². The average molecular weight is 317 g/mol. The number of methoxy groups -OCH3 is 1. The molecule has 0 saturated heterocycles. The zero-order valence-electron chi connectivity index (χ0n) is 11.1. The van der Waals surface area contributed by atoms with Gasteiger partial charge in [-0.25, -0.2) is 23.1 Å². The fourth-order valence-corrected chi connectivity index (χ4v) is 1.94. The minimum atomic E-state index is -3.87. The van der Waals surface area contributed by atoms with E-state index in [1.165, 1.54) is 31.4 Å². The van der Waals surface area contributed by atoms with Crippen LogP contribution in [0.1, 0.15) is 0 Å². The molecule has 0 bridgehead atoms. The lowest BCUT2D eigenvalue weighted by atomic mass is 10.3.